The first-order valence-corrected chi connectivity index (χ1v) is 7.45. The Hall–Kier alpha value is -1.41. The number of halogens is 2. The summed E-state index contributed by atoms with van der Waals surface area (Å²) in [6.07, 6.45) is 0. The quantitative estimate of drug-likeness (QED) is 0.558. The van der Waals surface area contributed by atoms with Crippen LogP contribution in [0.25, 0.3) is 0 Å². The van der Waals surface area contributed by atoms with Crippen LogP contribution in [0.4, 0.5) is 0 Å². The topological polar surface area (TPSA) is 61.3 Å². The molecule has 0 aliphatic heterocycles. The first-order chi connectivity index (χ1) is 9.95. The third-order valence-corrected chi connectivity index (χ3v) is 4.20. The van der Waals surface area contributed by atoms with E-state index in [0.717, 1.165) is 5.56 Å². The summed E-state index contributed by atoms with van der Waals surface area (Å²) in [5, 5.41) is 8.35. The summed E-state index contributed by atoms with van der Waals surface area (Å²) in [7, 11) is 1.31. The molecule has 0 radical (unpaired) electrons. The molecular weight excluding hydrogens is 407 g/mol. The number of ether oxygens (including phenoxy) is 2. The molecule has 0 fully saturated rings. The third kappa shape index (κ3) is 3.26. The van der Waals surface area contributed by atoms with E-state index >= 15 is 0 Å². The van der Waals surface area contributed by atoms with Gasteiger partial charge in [-0.2, -0.15) is 0 Å². The summed E-state index contributed by atoms with van der Waals surface area (Å²) >= 11 is 8.12. The van der Waals surface area contributed by atoms with Gasteiger partial charge in [0.15, 0.2) is 5.75 Å². The number of aromatic nitrogens is 2. The predicted molar refractivity (Wildman–Crippen MR) is 87.1 cm³/mol. The first kappa shape index (κ1) is 16.0. The zero-order valence-corrected chi connectivity index (χ0v) is 14.5. The van der Waals surface area contributed by atoms with Crippen LogP contribution in [0.3, 0.4) is 0 Å². The minimum atomic E-state index is -0.528. The molecule has 110 valence electrons. The molecule has 7 heteroatoms. The standard InChI is InChI=1S/C14H12ClIN2O3/c1-7-5-4-6-9(15)11(7)21-13-10(14(19)20-3)8(2)12(16)17-18-13/h4-6H,1-3H3. The number of rotatable bonds is 3. The Kier molecular flexibility index (Phi) is 5.00. The lowest BCUT2D eigenvalue weighted by atomic mass is 10.2. The van der Waals surface area contributed by atoms with E-state index in [9.17, 15) is 4.79 Å². The Bertz CT molecular complexity index is 687. The molecule has 1 heterocycles. The van der Waals surface area contributed by atoms with Gasteiger partial charge < -0.3 is 9.47 Å². The van der Waals surface area contributed by atoms with Crippen molar-refractivity contribution in [2.75, 3.05) is 7.11 Å². The molecule has 21 heavy (non-hydrogen) atoms. The van der Waals surface area contributed by atoms with E-state index in [0.29, 0.717) is 20.0 Å². The van der Waals surface area contributed by atoms with Gasteiger partial charge in [-0.15, -0.1) is 10.2 Å². The molecule has 2 aromatic rings. The number of para-hydroxylation sites is 1. The zero-order chi connectivity index (χ0) is 15.6. The molecule has 1 aromatic carbocycles. The molecule has 1 aromatic heterocycles. The number of carbonyl (C=O) groups is 1. The van der Waals surface area contributed by atoms with Crippen molar-refractivity contribution in [3.8, 4) is 11.6 Å². The van der Waals surface area contributed by atoms with Gasteiger partial charge in [-0.1, -0.05) is 23.7 Å². The van der Waals surface area contributed by atoms with Gasteiger partial charge in [0.05, 0.1) is 12.1 Å². The van der Waals surface area contributed by atoms with E-state index < -0.39 is 5.97 Å². The second-order valence-corrected chi connectivity index (χ2v) is 5.70. The van der Waals surface area contributed by atoms with Crippen molar-refractivity contribution in [1.29, 1.82) is 0 Å². The van der Waals surface area contributed by atoms with E-state index in [-0.39, 0.29) is 11.4 Å². The summed E-state index contributed by atoms with van der Waals surface area (Å²) in [5.41, 5.74) is 1.73. The Balaban J connectivity index is 2.55. The zero-order valence-electron chi connectivity index (χ0n) is 11.6. The van der Waals surface area contributed by atoms with Gasteiger partial charge in [-0.05, 0) is 48.1 Å². The fraction of sp³-hybridized carbons (Fsp3) is 0.214. The molecule has 0 unspecified atom stereocenters. The fourth-order valence-corrected chi connectivity index (χ4v) is 2.37. The summed E-state index contributed by atoms with van der Waals surface area (Å²) < 4.78 is 11.1. The number of benzene rings is 1. The van der Waals surface area contributed by atoms with Crippen molar-refractivity contribution in [2.45, 2.75) is 13.8 Å². The van der Waals surface area contributed by atoms with Crippen LogP contribution in [0.15, 0.2) is 18.2 Å². The predicted octanol–water partition coefficient (Wildman–Crippen LogP) is 3.93. The van der Waals surface area contributed by atoms with Crippen LogP contribution in [-0.2, 0) is 4.74 Å². The fourth-order valence-electron chi connectivity index (χ4n) is 1.73. The van der Waals surface area contributed by atoms with Crippen molar-refractivity contribution >= 4 is 40.2 Å². The molecule has 0 amide bonds. The first-order valence-electron chi connectivity index (χ1n) is 5.99. The van der Waals surface area contributed by atoms with E-state index in [1.165, 1.54) is 7.11 Å². The molecule has 0 saturated carbocycles. The Morgan fingerprint density at radius 3 is 2.62 bits per heavy atom. The van der Waals surface area contributed by atoms with E-state index in [2.05, 4.69) is 10.2 Å². The molecule has 5 nitrogen and oxygen atoms in total. The Morgan fingerprint density at radius 2 is 2.00 bits per heavy atom. The summed E-state index contributed by atoms with van der Waals surface area (Å²) in [4.78, 5) is 12.0. The number of esters is 1. The van der Waals surface area contributed by atoms with E-state index in [1.807, 2.05) is 41.6 Å². The molecular formula is C14H12ClIN2O3. The Labute approximate surface area is 140 Å². The lowest BCUT2D eigenvalue weighted by Crippen LogP contribution is -2.11. The second kappa shape index (κ2) is 6.57. The van der Waals surface area contributed by atoms with Crippen molar-refractivity contribution in [2.24, 2.45) is 0 Å². The summed E-state index contributed by atoms with van der Waals surface area (Å²) in [6, 6.07) is 5.37. The maximum atomic E-state index is 12.0. The van der Waals surface area contributed by atoms with Crippen LogP contribution in [0.2, 0.25) is 5.02 Å². The number of nitrogens with zero attached hydrogens (tertiary/aromatic N) is 2. The van der Waals surface area contributed by atoms with Crippen LogP contribution in [-0.4, -0.2) is 23.3 Å². The highest BCUT2D eigenvalue weighted by Gasteiger charge is 2.22. The van der Waals surface area contributed by atoms with Gasteiger partial charge in [0.25, 0.3) is 5.88 Å². The number of hydrogen-bond donors (Lipinski definition) is 0. The molecule has 2 rings (SSSR count). The lowest BCUT2D eigenvalue weighted by Gasteiger charge is -2.13. The van der Waals surface area contributed by atoms with Gasteiger partial charge in [0, 0.05) is 5.56 Å². The highest BCUT2D eigenvalue weighted by atomic mass is 127. The van der Waals surface area contributed by atoms with E-state index in [1.54, 1.807) is 13.0 Å². The minimum absolute atomic E-state index is 0.0796. The third-order valence-electron chi connectivity index (χ3n) is 2.88. The molecule has 0 spiro atoms. The smallest absolute Gasteiger partial charge is 0.343 e. The van der Waals surface area contributed by atoms with Crippen LogP contribution in [0.5, 0.6) is 11.6 Å². The van der Waals surface area contributed by atoms with Crippen LogP contribution >= 0.6 is 34.2 Å². The highest BCUT2D eigenvalue weighted by Crippen LogP contribution is 2.34. The van der Waals surface area contributed by atoms with Crippen molar-refractivity contribution < 1.29 is 14.3 Å². The average molecular weight is 419 g/mol. The summed E-state index contributed by atoms with van der Waals surface area (Å²) in [5.74, 6) is -0.00443. The van der Waals surface area contributed by atoms with E-state index in [4.69, 9.17) is 21.1 Å². The summed E-state index contributed by atoms with van der Waals surface area (Å²) in [6.45, 7) is 3.61. The SMILES string of the molecule is COC(=O)c1c(Oc2c(C)cccc2Cl)nnc(I)c1C. The number of aryl methyl sites for hydroxylation is 1. The number of carbonyl (C=O) groups excluding carboxylic acids is 1. The maximum Gasteiger partial charge on any atom is 0.343 e. The van der Waals surface area contributed by atoms with Gasteiger partial charge in [-0.25, -0.2) is 4.79 Å². The molecule has 0 N–H and O–H groups in total. The highest BCUT2D eigenvalue weighted by molar-refractivity contribution is 14.1. The molecule has 0 aliphatic rings. The molecule has 0 bridgehead atoms. The van der Waals surface area contributed by atoms with Crippen molar-refractivity contribution in [3.63, 3.8) is 0 Å². The second-order valence-electron chi connectivity index (χ2n) is 4.28. The van der Waals surface area contributed by atoms with Gasteiger partial charge in [0.2, 0.25) is 0 Å². The Morgan fingerprint density at radius 1 is 1.29 bits per heavy atom. The van der Waals surface area contributed by atoms with Crippen molar-refractivity contribution in [1.82, 2.24) is 10.2 Å². The average Bonchev–Trinajstić information content (AvgIpc) is 2.46. The van der Waals surface area contributed by atoms with Gasteiger partial charge >= 0.3 is 5.97 Å². The normalized spacial score (nSPS) is 10.3. The van der Waals surface area contributed by atoms with Crippen LogP contribution < -0.4 is 4.74 Å². The monoisotopic (exact) mass is 418 g/mol. The van der Waals surface area contributed by atoms with Crippen LogP contribution in [0.1, 0.15) is 21.5 Å². The maximum absolute atomic E-state index is 12.0. The van der Waals surface area contributed by atoms with Gasteiger partial charge in [0.1, 0.15) is 9.26 Å². The van der Waals surface area contributed by atoms with Crippen molar-refractivity contribution in [3.05, 3.63) is 43.6 Å². The van der Waals surface area contributed by atoms with Crippen LogP contribution in [0, 0.1) is 17.5 Å². The van der Waals surface area contributed by atoms with Gasteiger partial charge in [-0.3, -0.25) is 0 Å². The number of methoxy groups -OCH3 is 1. The molecule has 0 atom stereocenters. The minimum Gasteiger partial charge on any atom is -0.465 e. The lowest BCUT2D eigenvalue weighted by molar-refractivity contribution is 0.0595. The number of hydrogen-bond acceptors (Lipinski definition) is 5. The largest absolute Gasteiger partial charge is 0.465 e. The molecule has 0 saturated heterocycles. The molecule has 0 aliphatic carbocycles.